The third-order valence-electron chi connectivity index (χ3n) is 3.56. The highest BCUT2D eigenvalue weighted by Crippen LogP contribution is 2.33. The van der Waals surface area contributed by atoms with Crippen LogP contribution in [0.1, 0.15) is 33.3 Å². The van der Waals surface area contributed by atoms with Gasteiger partial charge >= 0.3 is 6.61 Å². The summed E-state index contributed by atoms with van der Waals surface area (Å²) in [6.07, 6.45) is 0. The molecule has 9 heteroatoms. The lowest BCUT2D eigenvalue weighted by Crippen LogP contribution is -2.42. The molecule has 1 aromatic rings. The van der Waals surface area contributed by atoms with Gasteiger partial charge in [0.15, 0.2) is 17.5 Å². The van der Waals surface area contributed by atoms with Crippen LogP contribution in [0.5, 0.6) is 11.5 Å². The fourth-order valence-electron chi connectivity index (χ4n) is 2.25. The van der Waals surface area contributed by atoms with Gasteiger partial charge in [-0.25, -0.2) is 4.99 Å². The molecule has 0 heterocycles. The number of carbonyl (C=O) groups is 1. The number of alkyl halides is 2. The Hall–Kier alpha value is -2.58. The number of hydrogen-bond donors (Lipinski definition) is 3. The van der Waals surface area contributed by atoms with Crippen molar-refractivity contribution in [3.63, 3.8) is 0 Å². The molecule has 0 saturated carbocycles. The van der Waals surface area contributed by atoms with Crippen molar-refractivity contribution in [3.05, 3.63) is 23.8 Å². The molecule has 0 aliphatic carbocycles. The zero-order chi connectivity index (χ0) is 20.9. The van der Waals surface area contributed by atoms with Crippen LogP contribution >= 0.6 is 0 Å². The monoisotopic (exact) mass is 400 g/mol. The first-order chi connectivity index (χ1) is 13.4. The predicted molar refractivity (Wildman–Crippen MR) is 105 cm³/mol. The maximum atomic E-state index is 12.8. The van der Waals surface area contributed by atoms with Gasteiger partial charge in [0, 0.05) is 31.1 Å². The summed E-state index contributed by atoms with van der Waals surface area (Å²) < 4.78 is 35.6. The van der Waals surface area contributed by atoms with Gasteiger partial charge in [-0.1, -0.05) is 26.0 Å². The Bertz CT molecular complexity index is 640. The normalized spacial score (nSPS) is 11.5. The molecule has 1 rings (SSSR count). The van der Waals surface area contributed by atoms with E-state index < -0.39 is 6.61 Å². The molecule has 0 bridgehead atoms. The molecule has 0 saturated heterocycles. The number of halogens is 2. The summed E-state index contributed by atoms with van der Waals surface area (Å²) in [4.78, 5) is 16.0. The Morgan fingerprint density at radius 2 is 1.86 bits per heavy atom. The number of nitrogens with zero attached hydrogens (tertiary/aromatic N) is 1. The maximum Gasteiger partial charge on any atom is 0.387 e. The summed E-state index contributed by atoms with van der Waals surface area (Å²) in [5.41, 5.74) is 0.483. The molecule has 0 spiro atoms. The summed E-state index contributed by atoms with van der Waals surface area (Å²) >= 11 is 0. The van der Waals surface area contributed by atoms with Crippen LogP contribution in [0.2, 0.25) is 0 Å². The fraction of sp³-hybridized carbons (Fsp3) is 0.579. The molecule has 0 unspecified atom stereocenters. The maximum absolute atomic E-state index is 12.8. The number of benzene rings is 1. The van der Waals surface area contributed by atoms with Gasteiger partial charge in [-0.2, -0.15) is 8.78 Å². The van der Waals surface area contributed by atoms with Crippen molar-refractivity contribution in [3.8, 4) is 11.5 Å². The van der Waals surface area contributed by atoms with Crippen molar-refractivity contribution in [2.75, 3.05) is 26.2 Å². The minimum Gasteiger partial charge on any atom is -0.490 e. The van der Waals surface area contributed by atoms with Crippen molar-refractivity contribution < 1.29 is 23.0 Å². The highest BCUT2D eigenvalue weighted by Gasteiger charge is 2.15. The number of guanidine groups is 1. The van der Waals surface area contributed by atoms with E-state index in [4.69, 9.17) is 4.74 Å². The highest BCUT2D eigenvalue weighted by atomic mass is 19.3. The lowest BCUT2D eigenvalue weighted by atomic mass is 10.2. The Kier molecular flexibility index (Phi) is 10.7. The number of rotatable bonds is 11. The topological polar surface area (TPSA) is 84.0 Å². The molecule has 0 aromatic heterocycles. The molecule has 28 heavy (non-hydrogen) atoms. The number of aliphatic imine (C=N–C) groups is 1. The van der Waals surface area contributed by atoms with Crippen LogP contribution in [0.4, 0.5) is 8.78 Å². The molecule has 158 valence electrons. The average molecular weight is 400 g/mol. The molecule has 0 atom stereocenters. The van der Waals surface area contributed by atoms with Crippen molar-refractivity contribution in [2.24, 2.45) is 10.9 Å². The lowest BCUT2D eigenvalue weighted by molar-refractivity contribution is -0.123. The SMILES string of the molecule is CCNC(=NCc1cccc(OCC)c1OC(F)F)NCCNC(=O)C(C)C. The van der Waals surface area contributed by atoms with E-state index in [1.165, 1.54) is 0 Å². The second kappa shape index (κ2) is 12.7. The van der Waals surface area contributed by atoms with Crippen LogP contribution < -0.4 is 25.4 Å². The number of hydrogen-bond acceptors (Lipinski definition) is 4. The number of nitrogens with one attached hydrogen (secondary N) is 3. The summed E-state index contributed by atoms with van der Waals surface area (Å²) in [5, 5.41) is 8.96. The molecule has 3 N–H and O–H groups in total. The predicted octanol–water partition coefficient (Wildman–Crippen LogP) is 2.51. The van der Waals surface area contributed by atoms with Crippen LogP contribution in [-0.4, -0.2) is 44.7 Å². The van der Waals surface area contributed by atoms with Gasteiger partial charge in [0.1, 0.15) is 0 Å². The fourth-order valence-corrected chi connectivity index (χ4v) is 2.25. The van der Waals surface area contributed by atoms with Gasteiger partial charge < -0.3 is 25.4 Å². The zero-order valence-electron chi connectivity index (χ0n) is 16.9. The molecule has 0 fully saturated rings. The molecular weight excluding hydrogens is 370 g/mol. The van der Waals surface area contributed by atoms with Crippen molar-refractivity contribution in [1.29, 1.82) is 0 Å². The van der Waals surface area contributed by atoms with E-state index in [1.807, 2.05) is 20.8 Å². The second-order valence-electron chi connectivity index (χ2n) is 6.12. The van der Waals surface area contributed by atoms with E-state index in [0.717, 1.165) is 0 Å². The number of carbonyl (C=O) groups excluding carboxylic acids is 1. The highest BCUT2D eigenvalue weighted by molar-refractivity contribution is 5.80. The second-order valence-corrected chi connectivity index (χ2v) is 6.12. The molecule has 0 aliphatic rings. The summed E-state index contributed by atoms with van der Waals surface area (Å²) in [6, 6.07) is 4.95. The van der Waals surface area contributed by atoms with Crippen LogP contribution in [-0.2, 0) is 11.3 Å². The third kappa shape index (κ3) is 8.41. The number of ether oxygens (including phenoxy) is 2. The van der Waals surface area contributed by atoms with E-state index in [0.29, 0.717) is 37.8 Å². The lowest BCUT2D eigenvalue weighted by Gasteiger charge is -2.15. The van der Waals surface area contributed by atoms with Crippen LogP contribution in [0.3, 0.4) is 0 Å². The van der Waals surface area contributed by atoms with Gasteiger partial charge in [0.05, 0.1) is 13.2 Å². The van der Waals surface area contributed by atoms with E-state index >= 15 is 0 Å². The summed E-state index contributed by atoms with van der Waals surface area (Å²) in [7, 11) is 0. The molecule has 7 nitrogen and oxygen atoms in total. The largest absolute Gasteiger partial charge is 0.490 e. The van der Waals surface area contributed by atoms with Crippen molar-refractivity contribution in [2.45, 2.75) is 40.9 Å². The number of amides is 1. The standard InChI is InChI=1S/C19H30F2N4O3/c1-5-22-19(24-11-10-23-17(26)13(3)4)25-12-14-8-7-9-15(27-6-2)16(14)28-18(20)21/h7-9,13,18H,5-6,10-12H2,1-4H3,(H,23,26)(H2,22,24,25). The van der Waals surface area contributed by atoms with Crippen LogP contribution in [0.25, 0.3) is 0 Å². The van der Waals surface area contributed by atoms with Gasteiger partial charge in [0.2, 0.25) is 5.91 Å². The molecule has 0 radical (unpaired) electrons. The van der Waals surface area contributed by atoms with Gasteiger partial charge in [-0.05, 0) is 19.9 Å². The van der Waals surface area contributed by atoms with E-state index in [-0.39, 0.29) is 29.9 Å². The van der Waals surface area contributed by atoms with E-state index in [9.17, 15) is 13.6 Å². The van der Waals surface area contributed by atoms with Crippen molar-refractivity contribution >= 4 is 11.9 Å². The van der Waals surface area contributed by atoms with Gasteiger partial charge in [0.25, 0.3) is 0 Å². The Labute approximate surface area is 164 Å². The van der Waals surface area contributed by atoms with Crippen molar-refractivity contribution in [1.82, 2.24) is 16.0 Å². The Morgan fingerprint density at radius 1 is 1.14 bits per heavy atom. The van der Waals surface area contributed by atoms with Gasteiger partial charge in [-0.3, -0.25) is 4.79 Å². The first-order valence-corrected chi connectivity index (χ1v) is 9.38. The van der Waals surface area contributed by atoms with E-state index in [2.05, 4.69) is 25.7 Å². The molecular formula is C19H30F2N4O3. The molecule has 1 aromatic carbocycles. The smallest absolute Gasteiger partial charge is 0.387 e. The summed E-state index contributed by atoms with van der Waals surface area (Å²) in [5.74, 6) is 0.650. The zero-order valence-corrected chi connectivity index (χ0v) is 16.9. The van der Waals surface area contributed by atoms with E-state index in [1.54, 1.807) is 25.1 Å². The number of para-hydroxylation sites is 1. The molecule has 1 amide bonds. The Morgan fingerprint density at radius 3 is 2.46 bits per heavy atom. The Balaban J connectivity index is 2.80. The van der Waals surface area contributed by atoms with Crippen LogP contribution in [0, 0.1) is 5.92 Å². The first-order valence-electron chi connectivity index (χ1n) is 9.38. The average Bonchev–Trinajstić information content (AvgIpc) is 2.64. The summed E-state index contributed by atoms with van der Waals surface area (Å²) in [6.45, 7) is 6.37. The first kappa shape index (κ1) is 23.5. The quantitative estimate of drug-likeness (QED) is 0.302. The minimum absolute atomic E-state index is 0.0110. The third-order valence-corrected chi connectivity index (χ3v) is 3.56. The van der Waals surface area contributed by atoms with Gasteiger partial charge in [-0.15, -0.1) is 0 Å². The molecule has 0 aliphatic heterocycles. The van der Waals surface area contributed by atoms with Crippen LogP contribution in [0.15, 0.2) is 23.2 Å². The minimum atomic E-state index is -2.96.